The van der Waals surface area contributed by atoms with E-state index in [2.05, 4.69) is 34.3 Å². The van der Waals surface area contributed by atoms with E-state index in [-0.39, 0.29) is 16.8 Å². The van der Waals surface area contributed by atoms with E-state index >= 15 is 0 Å². The van der Waals surface area contributed by atoms with Gasteiger partial charge in [0.05, 0.1) is 30.3 Å². The number of anilines is 2. The summed E-state index contributed by atoms with van der Waals surface area (Å²) in [5.74, 6) is 0.512. The van der Waals surface area contributed by atoms with Crippen LogP contribution in [0, 0.1) is 0 Å². The van der Waals surface area contributed by atoms with E-state index in [0.717, 1.165) is 18.8 Å². The van der Waals surface area contributed by atoms with Gasteiger partial charge in [-0.15, -0.1) is 10.2 Å². The highest BCUT2D eigenvalue weighted by atomic mass is 32.2. The lowest BCUT2D eigenvalue weighted by Crippen LogP contribution is -2.48. The number of nitrogens with zero attached hydrogens (tertiary/aromatic N) is 4. The molecule has 1 unspecified atom stereocenters. The maximum atomic E-state index is 12.6. The fraction of sp³-hybridized carbons (Fsp3) is 0.526. The molecule has 1 saturated heterocycles. The summed E-state index contributed by atoms with van der Waals surface area (Å²) in [6, 6.07) is 5.84. The molecule has 1 aliphatic rings. The van der Waals surface area contributed by atoms with Gasteiger partial charge in [0.1, 0.15) is 12.1 Å². The van der Waals surface area contributed by atoms with Gasteiger partial charge >= 0.3 is 0 Å². The highest BCUT2D eigenvalue weighted by Crippen LogP contribution is 2.32. The molecule has 1 fully saturated rings. The van der Waals surface area contributed by atoms with Crippen molar-refractivity contribution in [1.29, 1.82) is 0 Å². The molecule has 8 nitrogen and oxygen atoms in total. The first-order valence-electron chi connectivity index (χ1n) is 9.17. The zero-order valence-electron chi connectivity index (χ0n) is 16.9. The van der Waals surface area contributed by atoms with E-state index in [1.807, 2.05) is 32.2 Å². The molecule has 0 saturated carbocycles. The molecule has 0 bridgehead atoms. The van der Waals surface area contributed by atoms with Crippen LogP contribution in [0.2, 0.25) is 0 Å². The molecule has 0 aliphatic carbocycles. The Hall–Kier alpha value is -2.26. The van der Waals surface area contributed by atoms with E-state index < -0.39 is 0 Å². The number of benzene rings is 1. The molecule has 2 heterocycles. The Balaban J connectivity index is 1.70. The molecule has 152 valence electrons. The van der Waals surface area contributed by atoms with E-state index in [1.165, 1.54) is 11.8 Å². The Bertz CT molecular complexity index is 839. The summed E-state index contributed by atoms with van der Waals surface area (Å²) < 4.78 is 13.1. The number of aryl methyl sites for hydroxylation is 1. The van der Waals surface area contributed by atoms with Crippen molar-refractivity contribution < 1.29 is 14.3 Å². The van der Waals surface area contributed by atoms with Crippen LogP contribution in [-0.2, 0) is 16.6 Å². The highest BCUT2D eigenvalue weighted by Gasteiger charge is 2.28. The van der Waals surface area contributed by atoms with E-state index in [9.17, 15) is 4.79 Å². The van der Waals surface area contributed by atoms with Gasteiger partial charge in [0.2, 0.25) is 5.91 Å². The average molecular weight is 406 g/mol. The van der Waals surface area contributed by atoms with Gasteiger partial charge in [-0.05, 0) is 32.9 Å². The first kappa shape index (κ1) is 20.5. The number of aromatic nitrogens is 3. The van der Waals surface area contributed by atoms with Crippen molar-refractivity contribution in [2.24, 2.45) is 7.05 Å². The number of hydrogen-bond acceptors (Lipinski definition) is 7. The molecule has 1 amide bonds. The lowest BCUT2D eigenvalue weighted by Gasteiger charge is -2.39. The van der Waals surface area contributed by atoms with Gasteiger partial charge in [-0.2, -0.15) is 0 Å². The third-order valence-corrected chi connectivity index (χ3v) is 5.70. The van der Waals surface area contributed by atoms with Gasteiger partial charge in [0.15, 0.2) is 5.16 Å². The Morgan fingerprint density at radius 3 is 2.86 bits per heavy atom. The van der Waals surface area contributed by atoms with Crippen molar-refractivity contribution in [3.8, 4) is 5.75 Å². The minimum absolute atomic E-state index is 0.119. The van der Waals surface area contributed by atoms with Crippen LogP contribution < -0.4 is 15.0 Å². The largest absolute Gasteiger partial charge is 0.494 e. The number of carbonyl (C=O) groups is 1. The number of ether oxygens (including phenoxy) is 2. The van der Waals surface area contributed by atoms with Crippen LogP contribution in [0.1, 0.15) is 20.8 Å². The number of carbonyl (C=O) groups excluding carboxylic acids is 1. The van der Waals surface area contributed by atoms with Crippen LogP contribution >= 0.6 is 11.8 Å². The molecule has 1 atom stereocenters. The van der Waals surface area contributed by atoms with Gasteiger partial charge in [0.25, 0.3) is 0 Å². The molecular weight excluding hydrogens is 378 g/mol. The molecular formula is C19H27N5O3S. The summed E-state index contributed by atoms with van der Waals surface area (Å²) in [5.41, 5.74) is 1.51. The van der Waals surface area contributed by atoms with E-state index in [0.29, 0.717) is 23.2 Å². The fourth-order valence-corrected chi connectivity index (χ4v) is 3.83. The Kier molecular flexibility index (Phi) is 6.14. The van der Waals surface area contributed by atoms with Gasteiger partial charge in [-0.25, -0.2) is 0 Å². The summed E-state index contributed by atoms with van der Waals surface area (Å²) in [7, 11) is 3.46. The molecule has 1 aromatic carbocycles. The standard InChI is InChI=1S/C19H27N5O3S/c1-13(28-18-22-20-12-23(18)4)17(25)21-15-7-6-14(10-16(15)26-5)24-8-9-27-19(2,3)11-24/h6-7,10,12-13H,8-9,11H2,1-5H3,(H,21,25). The number of nitrogens with one attached hydrogen (secondary N) is 1. The van der Waals surface area contributed by atoms with E-state index in [4.69, 9.17) is 9.47 Å². The number of hydrogen-bond donors (Lipinski definition) is 1. The maximum Gasteiger partial charge on any atom is 0.237 e. The quantitative estimate of drug-likeness (QED) is 0.740. The predicted molar refractivity (Wildman–Crippen MR) is 110 cm³/mol. The zero-order chi connectivity index (χ0) is 20.3. The summed E-state index contributed by atoms with van der Waals surface area (Å²) in [6.07, 6.45) is 1.61. The number of thioether (sulfide) groups is 1. The molecule has 3 rings (SSSR count). The van der Waals surface area contributed by atoms with Crippen LogP contribution in [0.3, 0.4) is 0 Å². The molecule has 28 heavy (non-hydrogen) atoms. The second-order valence-corrected chi connectivity index (χ2v) is 8.70. The van der Waals surface area contributed by atoms with Gasteiger partial charge < -0.3 is 24.3 Å². The Labute approximate surface area is 169 Å². The third-order valence-electron chi connectivity index (χ3n) is 4.56. The Morgan fingerprint density at radius 1 is 1.43 bits per heavy atom. The first-order valence-corrected chi connectivity index (χ1v) is 10.1. The minimum atomic E-state index is -0.327. The molecule has 1 N–H and O–H groups in total. The van der Waals surface area contributed by atoms with Crippen molar-refractivity contribution in [3.05, 3.63) is 24.5 Å². The lowest BCUT2D eigenvalue weighted by atomic mass is 10.1. The van der Waals surface area contributed by atoms with Crippen LogP contribution in [0.4, 0.5) is 11.4 Å². The number of rotatable bonds is 6. The second-order valence-electron chi connectivity index (χ2n) is 7.39. The molecule has 9 heteroatoms. The number of morpholine rings is 1. The Morgan fingerprint density at radius 2 is 2.21 bits per heavy atom. The molecule has 0 spiro atoms. The smallest absolute Gasteiger partial charge is 0.237 e. The highest BCUT2D eigenvalue weighted by molar-refractivity contribution is 8.00. The zero-order valence-corrected chi connectivity index (χ0v) is 17.7. The van der Waals surface area contributed by atoms with Crippen molar-refractivity contribution in [2.45, 2.75) is 36.8 Å². The summed E-state index contributed by atoms with van der Waals surface area (Å²) in [4.78, 5) is 14.9. The molecule has 1 aliphatic heterocycles. The first-order chi connectivity index (χ1) is 13.3. The summed E-state index contributed by atoms with van der Waals surface area (Å²) in [5, 5.41) is 11.2. The van der Waals surface area contributed by atoms with Crippen LogP contribution in [-0.4, -0.2) is 58.3 Å². The SMILES string of the molecule is COc1cc(N2CCOC(C)(C)C2)ccc1NC(=O)C(C)Sc1nncn1C. The third kappa shape index (κ3) is 4.77. The molecule has 0 radical (unpaired) electrons. The second kappa shape index (κ2) is 8.40. The molecule has 1 aromatic heterocycles. The van der Waals surface area contributed by atoms with Crippen molar-refractivity contribution >= 4 is 29.0 Å². The van der Waals surface area contributed by atoms with Gasteiger partial charge in [-0.3, -0.25) is 4.79 Å². The van der Waals surface area contributed by atoms with Crippen LogP contribution in [0.15, 0.2) is 29.7 Å². The number of amides is 1. The fourth-order valence-electron chi connectivity index (χ4n) is 3.04. The van der Waals surface area contributed by atoms with Crippen LogP contribution in [0.25, 0.3) is 0 Å². The topological polar surface area (TPSA) is 81.5 Å². The van der Waals surface area contributed by atoms with Crippen molar-refractivity contribution in [3.63, 3.8) is 0 Å². The van der Waals surface area contributed by atoms with Crippen molar-refractivity contribution in [1.82, 2.24) is 14.8 Å². The monoisotopic (exact) mass is 405 g/mol. The number of methoxy groups -OCH3 is 1. The van der Waals surface area contributed by atoms with Crippen molar-refractivity contribution in [2.75, 3.05) is 37.0 Å². The predicted octanol–water partition coefficient (Wildman–Crippen LogP) is 2.56. The lowest BCUT2D eigenvalue weighted by molar-refractivity contribution is -0.115. The summed E-state index contributed by atoms with van der Waals surface area (Å²) in [6.45, 7) is 8.31. The maximum absolute atomic E-state index is 12.6. The van der Waals surface area contributed by atoms with Crippen LogP contribution in [0.5, 0.6) is 5.75 Å². The van der Waals surface area contributed by atoms with Gasteiger partial charge in [-0.1, -0.05) is 11.8 Å². The summed E-state index contributed by atoms with van der Waals surface area (Å²) >= 11 is 1.36. The van der Waals surface area contributed by atoms with E-state index in [1.54, 1.807) is 18.0 Å². The minimum Gasteiger partial charge on any atom is -0.494 e. The molecule has 2 aromatic rings. The normalized spacial score (nSPS) is 17.2. The van der Waals surface area contributed by atoms with Gasteiger partial charge in [0, 0.05) is 31.9 Å². The average Bonchev–Trinajstić information content (AvgIpc) is 3.05.